The van der Waals surface area contributed by atoms with Crippen molar-refractivity contribution in [3.8, 4) is 0 Å². The number of hydrogen-bond acceptors (Lipinski definition) is 5. The van der Waals surface area contributed by atoms with Crippen molar-refractivity contribution in [2.75, 3.05) is 18.0 Å². The Balaban J connectivity index is 1.34. The van der Waals surface area contributed by atoms with Crippen LogP contribution in [0.4, 0.5) is 5.82 Å². The van der Waals surface area contributed by atoms with E-state index in [1.165, 1.54) is 36.1 Å². The Morgan fingerprint density at radius 3 is 2.33 bits per heavy atom. The summed E-state index contributed by atoms with van der Waals surface area (Å²) in [6.07, 6.45) is 12.7. The molecular weight excluding hydrogens is 392 g/mol. The molecule has 0 unspecified atom stereocenters. The molecule has 160 valence electrons. The number of aromatic nitrogens is 2. The summed E-state index contributed by atoms with van der Waals surface area (Å²) < 4.78 is 0. The Morgan fingerprint density at radius 1 is 0.967 bits per heavy atom. The molecule has 2 aromatic rings. The third-order valence-corrected chi connectivity index (χ3v) is 7.24. The Hall–Kier alpha value is -2.08. The van der Waals surface area contributed by atoms with Gasteiger partial charge in [0.15, 0.2) is 5.82 Å². The van der Waals surface area contributed by atoms with E-state index in [1.807, 2.05) is 0 Å². The Morgan fingerprint density at radius 2 is 1.63 bits per heavy atom. The Bertz CT molecular complexity index is 825. The van der Waals surface area contributed by atoms with Crippen molar-refractivity contribution in [1.29, 1.82) is 0 Å². The second-order valence-electron chi connectivity index (χ2n) is 8.56. The standard InChI is InChI=1S/C24H32N4OS/c1-18-8-10-21(11-9-18)30-24-22(25-14-15-26-24)28-16-12-19(13-17-28)23(29)27-20-6-4-2-3-5-7-20/h8-11,14-15,19-20H,2-7,12-13,16-17H2,1H3,(H,27,29). The molecule has 30 heavy (non-hydrogen) atoms. The molecule has 1 saturated carbocycles. The number of nitrogens with zero attached hydrogens (tertiary/aromatic N) is 3. The maximum absolute atomic E-state index is 12.8. The molecule has 1 N–H and O–H groups in total. The van der Waals surface area contributed by atoms with Crippen LogP contribution in [-0.4, -0.2) is 35.0 Å². The summed E-state index contributed by atoms with van der Waals surface area (Å²) in [5, 5.41) is 4.28. The van der Waals surface area contributed by atoms with Gasteiger partial charge in [0.05, 0.1) is 0 Å². The van der Waals surface area contributed by atoms with Gasteiger partial charge in [-0.2, -0.15) is 0 Å². The van der Waals surface area contributed by atoms with E-state index >= 15 is 0 Å². The number of benzene rings is 1. The molecule has 1 saturated heterocycles. The van der Waals surface area contributed by atoms with E-state index in [4.69, 9.17) is 0 Å². The first-order valence-electron chi connectivity index (χ1n) is 11.3. The van der Waals surface area contributed by atoms with E-state index in [0.29, 0.717) is 6.04 Å². The third-order valence-electron chi connectivity index (χ3n) is 6.25. The molecular formula is C24H32N4OS. The summed E-state index contributed by atoms with van der Waals surface area (Å²) in [6, 6.07) is 8.88. The molecule has 1 amide bonds. The van der Waals surface area contributed by atoms with Crippen LogP contribution in [0.1, 0.15) is 56.9 Å². The normalized spacial score (nSPS) is 18.8. The fourth-order valence-corrected chi connectivity index (χ4v) is 5.30. The zero-order chi connectivity index (χ0) is 20.8. The summed E-state index contributed by atoms with van der Waals surface area (Å²) in [4.78, 5) is 25.5. The molecule has 2 fully saturated rings. The average Bonchev–Trinajstić information content (AvgIpc) is 3.04. The summed E-state index contributed by atoms with van der Waals surface area (Å²) in [7, 11) is 0. The largest absolute Gasteiger partial charge is 0.354 e. The van der Waals surface area contributed by atoms with Crippen molar-refractivity contribution in [2.24, 2.45) is 5.92 Å². The number of amides is 1. The highest BCUT2D eigenvalue weighted by molar-refractivity contribution is 7.99. The van der Waals surface area contributed by atoms with Gasteiger partial charge in [-0.1, -0.05) is 55.1 Å². The quantitative estimate of drug-likeness (QED) is 0.685. The molecule has 4 rings (SSSR count). The molecule has 0 radical (unpaired) electrons. The van der Waals surface area contributed by atoms with Gasteiger partial charge in [-0.15, -0.1) is 0 Å². The third kappa shape index (κ3) is 5.54. The molecule has 5 nitrogen and oxygen atoms in total. The maximum atomic E-state index is 12.8. The molecule has 2 aliphatic rings. The van der Waals surface area contributed by atoms with Crippen LogP contribution in [0.15, 0.2) is 46.6 Å². The van der Waals surface area contributed by atoms with Gasteiger partial charge in [0.1, 0.15) is 5.03 Å². The first-order chi connectivity index (χ1) is 14.7. The summed E-state index contributed by atoms with van der Waals surface area (Å²) in [6.45, 7) is 3.80. The molecule has 1 aromatic heterocycles. The summed E-state index contributed by atoms with van der Waals surface area (Å²) >= 11 is 1.65. The molecule has 0 atom stereocenters. The average molecular weight is 425 g/mol. The second-order valence-corrected chi connectivity index (χ2v) is 9.62. The van der Waals surface area contributed by atoms with E-state index in [9.17, 15) is 4.79 Å². The van der Waals surface area contributed by atoms with Crippen LogP contribution in [0, 0.1) is 12.8 Å². The van der Waals surface area contributed by atoms with Gasteiger partial charge in [-0.25, -0.2) is 9.97 Å². The van der Waals surface area contributed by atoms with Gasteiger partial charge in [0.25, 0.3) is 0 Å². The maximum Gasteiger partial charge on any atom is 0.223 e. The van der Waals surface area contributed by atoms with Crippen LogP contribution in [0.2, 0.25) is 0 Å². The smallest absolute Gasteiger partial charge is 0.223 e. The fourth-order valence-electron chi connectivity index (χ4n) is 4.42. The number of hydrogen-bond donors (Lipinski definition) is 1. The zero-order valence-corrected chi connectivity index (χ0v) is 18.7. The fraction of sp³-hybridized carbons (Fsp3) is 0.542. The van der Waals surface area contributed by atoms with Crippen molar-refractivity contribution >= 4 is 23.5 Å². The van der Waals surface area contributed by atoms with Crippen LogP contribution in [0.25, 0.3) is 0 Å². The number of anilines is 1. The van der Waals surface area contributed by atoms with Gasteiger partial charge < -0.3 is 10.2 Å². The highest BCUT2D eigenvalue weighted by Gasteiger charge is 2.28. The molecule has 2 heterocycles. The summed E-state index contributed by atoms with van der Waals surface area (Å²) in [5.41, 5.74) is 1.25. The van der Waals surface area contributed by atoms with Gasteiger partial charge in [0.2, 0.25) is 5.91 Å². The van der Waals surface area contributed by atoms with E-state index in [2.05, 4.69) is 51.4 Å². The minimum atomic E-state index is 0.120. The Kier molecular flexibility index (Phi) is 7.26. The van der Waals surface area contributed by atoms with Crippen molar-refractivity contribution in [3.05, 3.63) is 42.2 Å². The highest BCUT2D eigenvalue weighted by Crippen LogP contribution is 2.34. The van der Waals surface area contributed by atoms with Gasteiger partial charge >= 0.3 is 0 Å². The number of aryl methyl sites for hydroxylation is 1. The lowest BCUT2D eigenvalue weighted by Gasteiger charge is -2.33. The molecule has 1 aliphatic carbocycles. The highest BCUT2D eigenvalue weighted by atomic mass is 32.2. The van der Waals surface area contributed by atoms with Crippen molar-refractivity contribution < 1.29 is 4.79 Å². The number of piperidine rings is 1. The predicted molar refractivity (Wildman–Crippen MR) is 122 cm³/mol. The number of carbonyl (C=O) groups is 1. The minimum absolute atomic E-state index is 0.120. The van der Waals surface area contributed by atoms with Gasteiger partial charge in [0, 0.05) is 42.3 Å². The molecule has 1 aromatic carbocycles. The first kappa shape index (κ1) is 21.2. The number of nitrogens with one attached hydrogen (secondary N) is 1. The van der Waals surface area contributed by atoms with Crippen molar-refractivity contribution in [3.63, 3.8) is 0 Å². The minimum Gasteiger partial charge on any atom is -0.354 e. The Labute approximate surface area is 184 Å². The number of carbonyl (C=O) groups excluding carboxylic acids is 1. The summed E-state index contributed by atoms with van der Waals surface area (Å²) in [5.74, 6) is 1.31. The van der Waals surface area contributed by atoms with Crippen LogP contribution < -0.4 is 10.2 Å². The van der Waals surface area contributed by atoms with E-state index in [0.717, 1.165) is 49.6 Å². The molecule has 0 bridgehead atoms. The van der Waals surface area contributed by atoms with Crippen molar-refractivity contribution in [1.82, 2.24) is 15.3 Å². The monoisotopic (exact) mass is 424 g/mol. The zero-order valence-electron chi connectivity index (χ0n) is 17.8. The van der Waals surface area contributed by atoms with Gasteiger partial charge in [-0.05, 0) is 44.7 Å². The molecule has 0 spiro atoms. The van der Waals surface area contributed by atoms with Crippen LogP contribution in [0.5, 0.6) is 0 Å². The van der Waals surface area contributed by atoms with Gasteiger partial charge in [-0.3, -0.25) is 4.79 Å². The van der Waals surface area contributed by atoms with Crippen LogP contribution in [-0.2, 0) is 4.79 Å². The lowest BCUT2D eigenvalue weighted by molar-refractivity contribution is -0.126. The topological polar surface area (TPSA) is 58.1 Å². The van der Waals surface area contributed by atoms with E-state index < -0.39 is 0 Å². The first-order valence-corrected chi connectivity index (χ1v) is 12.1. The molecule has 1 aliphatic heterocycles. The SMILES string of the molecule is Cc1ccc(Sc2nccnc2N2CCC(C(=O)NC3CCCCCC3)CC2)cc1. The van der Waals surface area contributed by atoms with Crippen molar-refractivity contribution in [2.45, 2.75) is 74.3 Å². The van der Waals surface area contributed by atoms with Crippen LogP contribution in [0.3, 0.4) is 0 Å². The second kappa shape index (κ2) is 10.3. The number of rotatable bonds is 5. The van der Waals surface area contributed by atoms with E-state index in [1.54, 1.807) is 24.2 Å². The van der Waals surface area contributed by atoms with Crippen LogP contribution >= 0.6 is 11.8 Å². The predicted octanol–water partition coefficient (Wildman–Crippen LogP) is 4.99. The lowest BCUT2D eigenvalue weighted by atomic mass is 9.95. The lowest BCUT2D eigenvalue weighted by Crippen LogP contribution is -2.44. The molecule has 6 heteroatoms. The van der Waals surface area contributed by atoms with E-state index in [-0.39, 0.29) is 11.8 Å².